The quantitative estimate of drug-likeness (QED) is 0.913. The van der Waals surface area contributed by atoms with Crippen LogP contribution in [0.3, 0.4) is 0 Å². The molecule has 2 heterocycles. The lowest BCUT2D eigenvalue weighted by Gasteiger charge is -2.25. The van der Waals surface area contributed by atoms with Gasteiger partial charge in [-0.15, -0.1) is 0 Å². The smallest absolute Gasteiger partial charge is 0.230 e. The maximum atomic E-state index is 14.5. The Bertz CT molecular complexity index is 814. The van der Waals surface area contributed by atoms with Gasteiger partial charge in [0.15, 0.2) is 0 Å². The highest BCUT2D eigenvalue weighted by Crippen LogP contribution is 2.36. The first-order chi connectivity index (χ1) is 12.5. The Labute approximate surface area is 150 Å². The molecule has 0 spiro atoms. The van der Waals surface area contributed by atoms with Gasteiger partial charge in [0.25, 0.3) is 0 Å². The first-order valence-corrected chi connectivity index (χ1v) is 8.36. The van der Waals surface area contributed by atoms with Crippen LogP contribution in [0, 0.1) is 5.82 Å². The molecule has 2 aromatic rings. The van der Waals surface area contributed by atoms with Crippen molar-refractivity contribution in [3.05, 3.63) is 59.7 Å². The molecule has 2 amide bonds. The van der Waals surface area contributed by atoms with Crippen molar-refractivity contribution in [2.75, 3.05) is 11.9 Å². The van der Waals surface area contributed by atoms with Gasteiger partial charge in [-0.2, -0.15) is 0 Å². The summed E-state index contributed by atoms with van der Waals surface area (Å²) in [6.07, 6.45) is 0.536. The van der Waals surface area contributed by atoms with E-state index in [0.717, 1.165) is 6.07 Å². The molecule has 136 valence electrons. The number of rotatable bonds is 4. The van der Waals surface area contributed by atoms with Crippen LogP contribution >= 0.6 is 0 Å². The molecule has 1 aliphatic rings. The van der Waals surface area contributed by atoms with Crippen LogP contribution in [-0.4, -0.2) is 34.4 Å². The van der Waals surface area contributed by atoms with E-state index in [1.54, 1.807) is 24.4 Å². The van der Waals surface area contributed by atoms with Crippen molar-refractivity contribution in [1.82, 2.24) is 9.88 Å². The summed E-state index contributed by atoms with van der Waals surface area (Å²) in [4.78, 5) is 29.1. The van der Waals surface area contributed by atoms with Crippen molar-refractivity contribution in [2.24, 2.45) is 0 Å². The second-order valence-corrected chi connectivity index (χ2v) is 6.24. The summed E-state index contributed by atoms with van der Waals surface area (Å²) in [7, 11) is 0. The number of halogens is 2. The van der Waals surface area contributed by atoms with E-state index >= 15 is 0 Å². The summed E-state index contributed by atoms with van der Waals surface area (Å²) >= 11 is 0. The standard InChI is InChI=1S/C19H19F2N3O2/c1-12(25)24-9-7-16(20)19(24)15-6-5-14(10-17(15)21)23-18(26)11-13-4-2-3-8-22-13/h2-6,8,10,16,19H,7,9,11H2,1H3,(H,23,26). The predicted molar refractivity (Wildman–Crippen MR) is 92.6 cm³/mol. The molecule has 5 nitrogen and oxygen atoms in total. The fourth-order valence-corrected chi connectivity index (χ4v) is 3.19. The van der Waals surface area contributed by atoms with Crippen LogP contribution in [0.1, 0.15) is 30.6 Å². The number of carbonyl (C=O) groups is 2. The SMILES string of the molecule is CC(=O)N1CCC(F)C1c1ccc(NC(=O)Cc2ccccn2)cc1F. The first-order valence-electron chi connectivity index (χ1n) is 8.36. The number of nitrogens with one attached hydrogen (secondary N) is 1. The van der Waals surface area contributed by atoms with Gasteiger partial charge in [0.1, 0.15) is 12.0 Å². The summed E-state index contributed by atoms with van der Waals surface area (Å²) in [5, 5.41) is 2.60. The summed E-state index contributed by atoms with van der Waals surface area (Å²) in [6.45, 7) is 1.61. The van der Waals surface area contributed by atoms with Crippen LogP contribution in [0.2, 0.25) is 0 Å². The Morgan fingerprint density at radius 3 is 2.77 bits per heavy atom. The predicted octanol–water partition coefficient (Wildman–Crippen LogP) is 3.03. The monoisotopic (exact) mass is 359 g/mol. The number of hydrogen-bond donors (Lipinski definition) is 1. The van der Waals surface area contributed by atoms with Crippen LogP contribution in [0.4, 0.5) is 14.5 Å². The minimum Gasteiger partial charge on any atom is -0.333 e. The van der Waals surface area contributed by atoms with Gasteiger partial charge >= 0.3 is 0 Å². The van der Waals surface area contributed by atoms with E-state index in [1.165, 1.54) is 24.0 Å². The number of benzene rings is 1. The number of alkyl halides is 1. The topological polar surface area (TPSA) is 62.3 Å². The minimum absolute atomic E-state index is 0.0670. The van der Waals surface area contributed by atoms with Crippen molar-refractivity contribution in [3.8, 4) is 0 Å². The van der Waals surface area contributed by atoms with Crippen molar-refractivity contribution in [2.45, 2.75) is 32.0 Å². The highest BCUT2D eigenvalue weighted by atomic mass is 19.1. The van der Waals surface area contributed by atoms with E-state index in [-0.39, 0.29) is 42.5 Å². The van der Waals surface area contributed by atoms with Gasteiger partial charge in [-0.3, -0.25) is 14.6 Å². The van der Waals surface area contributed by atoms with Crippen molar-refractivity contribution < 1.29 is 18.4 Å². The lowest BCUT2D eigenvalue weighted by atomic mass is 10.0. The molecule has 1 saturated heterocycles. The molecule has 2 atom stereocenters. The van der Waals surface area contributed by atoms with Gasteiger partial charge in [0.2, 0.25) is 11.8 Å². The zero-order chi connectivity index (χ0) is 18.7. The molecule has 1 fully saturated rings. The zero-order valence-electron chi connectivity index (χ0n) is 14.3. The summed E-state index contributed by atoms with van der Waals surface area (Å²) in [5.74, 6) is -1.27. The molecular formula is C19H19F2N3O2. The number of pyridine rings is 1. The van der Waals surface area contributed by atoms with Crippen molar-refractivity contribution in [1.29, 1.82) is 0 Å². The van der Waals surface area contributed by atoms with Crippen LogP contribution in [0.5, 0.6) is 0 Å². The second kappa shape index (κ2) is 7.59. The van der Waals surface area contributed by atoms with Gasteiger partial charge < -0.3 is 10.2 Å². The van der Waals surface area contributed by atoms with Crippen LogP contribution < -0.4 is 5.32 Å². The lowest BCUT2D eigenvalue weighted by Crippen LogP contribution is -2.31. The molecule has 7 heteroatoms. The summed E-state index contributed by atoms with van der Waals surface area (Å²) < 4.78 is 28.7. The van der Waals surface area contributed by atoms with E-state index in [9.17, 15) is 18.4 Å². The number of likely N-dealkylation sites (tertiary alicyclic amines) is 1. The van der Waals surface area contributed by atoms with E-state index in [0.29, 0.717) is 5.69 Å². The fourth-order valence-electron chi connectivity index (χ4n) is 3.19. The fraction of sp³-hybridized carbons (Fsp3) is 0.316. The van der Waals surface area contributed by atoms with Gasteiger partial charge in [-0.05, 0) is 30.7 Å². The van der Waals surface area contributed by atoms with Crippen LogP contribution in [0.25, 0.3) is 0 Å². The normalized spacial score (nSPS) is 19.4. The van der Waals surface area contributed by atoms with E-state index in [2.05, 4.69) is 10.3 Å². The Morgan fingerprint density at radius 2 is 2.12 bits per heavy atom. The number of nitrogens with zero attached hydrogens (tertiary/aromatic N) is 2. The van der Waals surface area contributed by atoms with Crippen LogP contribution in [0.15, 0.2) is 42.6 Å². The van der Waals surface area contributed by atoms with Crippen molar-refractivity contribution >= 4 is 17.5 Å². The number of hydrogen-bond acceptors (Lipinski definition) is 3. The highest BCUT2D eigenvalue weighted by Gasteiger charge is 2.38. The summed E-state index contributed by atoms with van der Waals surface area (Å²) in [5.41, 5.74) is 0.994. The lowest BCUT2D eigenvalue weighted by molar-refractivity contribution is -0.130. The zero-order valence-corrected chi connectivity index (χ0v) is 14.3. The Hall–Kier alpha value is -2.83. The summed E-state index contributed by atoms with van der Waals surface area (Å²) in [6, 6.07) is 8.41. The van der Waals surface area contributed by atoms with Crippen LogP contribution in [-0.2, 0) is 16.0 Å². The van der Waals surface area contributed by atoms with Gasteiger partial charge in [0.05, 0.1) is 12.5 Å². The maximum absolute atomic E-state index is 14.5. The Morgan fingerprint density at radius 1 is 1.31 bits per heavy atom. The Balaban J connectivity index is 1.73. The third-order valence-electron chi connectivity index (χ3n) is 4.40. The highest BCUT2D eigenvalue weighted by molar-refractivity contribution is 5.92. The number of amides is 2. The molecule has 1 aromatic carbocycles. The molecule has 26 heavy (non-hydrogen) atoms. The molecule has 1 N–H and O–H groups in total. The average Bonchev–Trinajstić information content (AvgIpc) is 2.97. The molecule has 0 bridgehead atoms. The van der Waals surface area contributed by atoms with E-state index in [4.69, 9.17) is 0 Å². The number of aromatic nitrogens is 1. The van der Waals surface area contributed by atoms with E-state index < -0.39 is 18.0 Å². The molecule has 0 radical (unpaired) electrons. The molecule has 2 unspecified atom stereocenters. The third kappa shape index (κ3) is 3.87. The molecular weight excluding hydrogens is 340 g/mol. The molecule has 3 rings (SSSR count). The molecule has 1 aliphatic heterocycles. The average molecular weight is 359 g/mol. The first kappa shape index (κ1) is 18.0. The van der Waals surface area contributed by atoms with E-state index in [1.807, 2.05) is 0 Å². The van der Waals surface area contributed by atoms with Crippen molar-refractivity contribution in [3.63, 3.8) is 0 Å². The van der Waals surface area contributed by atoms with Gasteiger partial charge in [-0.1, -0.05) is 12.1 Å². The molecule has 0 saturated carbocycles. The van der Waals surface area contributed by atoms with Gasteiger partial charge in [0, 0.05) is 36.6 Å². The Kier molecular flexibility index (Phi) is 5.25. The largest absolute Gasteiger partial charge is 0.333 e. The number of carbonyl (C=O) groups excluding carboxylic acids is 2. The molecule has 1 aromatic heterocycles. The molecule has 0 aliphatic carbocycles. The maximum Gasteiger partial charge on any atom is 0.230 e. The minimum atomic E-state index is -1.31. The second-order valence-electron chi connectivity index (χ2n) is 6.24. The number of anilines is 1. The third-order valence-corrected chi connectivity index (χ3v) is 4.40. The van der Waals surface area contributed by atoms with Gasteiger partial charge in [-0.25, -0.2) is 8.78 Å².